The predicted molar refractivity (Wildman–Crippen MR) is 76.8 cm³/mol. The Morgan fingerprint density at radius 1 is 1.58 bits per heavy atom. The molecule has 3 rings (SSSR count). The van der Waals surface area contributed by atoms with Gasteiger partial charge in [0.15, 0.2) is 0 Å². The van der Waals surface area contributed by atoms with Gasteiger partial charge in [0.25, 0.3) is 0 Å². The van der Waals surface area contributed by atoms with Crippen molar-refractivity contribution in [2.45, 2.75) is 25.9 Å². The molecule has 102 valence electrons. The molecule has 0 amide bonds. The molecule has 0 aromatic carbocycles. The summed E-state index contributed by atoms with van der Waals surface area (Å²) in [6.45, 7) is 5.10. The third kappa shape index (κ3) is 2.88. The Kier molecular flexibility index (Phi) is 3.68. The van der Waals surface area contributed by atoms with Crippen molar-refractivity contribution in [3.05, 3.63) is 29.5 Å². The van der Waals surface area contributed by atoms with Gasteiger partial charge in [-0.2, -0.15) is 0 Å². The van der Waals surface area contributed by atoms with E-state index in [1.807, 2.05) is 17.5 Å². The molecule has 5 heteroatoms. The Bertz CT molecular complexity index is 523. The van der Waals surface area contributed by atoms with Gasteiger partial charge in [0.2, 0.25) is 5.89 Å². The zero-order chi connectivity index (χ0) is 13.2. The van der Waals surface area contributed by atoms with Crippen molar-refractivity contribution in [3.8, 4) is 10.8 Å². The highest BCUT2D eigenvalue weighted by Gasteiger charge is 2.23. The van der Waals surface area contributed by atoms with E-state index in [1.165, 1.54) is 0 Å². The average molecular weight is 277 g/mol. The van der Waals surface area contributed by atoms with E-state index < -0.39 is 0 Å². The number of hydrogen-bond donors (Lipinski definition) is 1. The molecule has 0 bridgehead atoms. The summed E-state index contributed by atoms with van der Waals surface area (Å²) in [5.41, 5.74) is 7.11. The van der Waals surface area contributed by atoms with Crippen molar-refractivity contribution in [1.29, 1.82) is 0 Å². The van der Waals surface area contributed by atoms with Crippen LogP contribution >= 0.6 is 11.3 Å². The molecule has 2 atom stereocenters. The number of piperidine rings is 1. The lowest BCUT2D eigenvalue weighted by atomic mass is 9.94. The minimum atomic E-state index is 0.275. The summed E-state index contributed by atoms with van der Waals surface area (Å²) in [5.74, 6) is 1.34. The monoisotopic (exact) mass is 277 g/mol. The van der Waals surface area contributed by atoms with E-state index in [2.05, 4.69) is 16.8 Å². The van der Waals surface area contributed by atoms with Crippen LogP contribution < -0.4 is 5.73 Å². The van der Waals surface area contributed by atoms with E-state index >= 15 is 0 Å². The Hall–Kier alpha value is -1.17. The van der Waals surface area contributed by atoms with Gasteiger partial charge in [-0.3, -0.25) is 4.90 Å². The van der Waals surface area contributed by atoms with Crippen LogP contribution in [0.4, 0.5) is 0 Å². The summed E-state index contributed by atoms with van der Waals surface area (Å²) in [6.07, 6.45) is 2.93. The maximum Gasteiger partial charge on any atom is 0.236 e. The highest BCUT2D eigenvalue weighted by molar-refractivity contribution is 7.13. The molecular formula is C14H19N3OS. The van der Waals surface area contributed by atoms with Crippen molar-refractivity contribution in [2.24, 2.45) is 11.7 Å². The normalized spacial score (nSPS) is 24.7. The van der Waals surface area contributed by atoms with Crippen molar-refractivity contribution in [1.82, 2.24) is 9.88 Å². The minimum absolute atomic E-state index is 0.275. The third-order valence-corrected chi connectivity index (χ3v) is 4.63. The fraction of sp³-hybridized carbons (Fsp3) is 0.500. The fourth-order valence-electron chi connectivity index (χ4n) is 2.44. The molecule has 2 aromatic rings. The van der Waals surface area contributed by atoms with Crippen molar-refractivity contribution < 1.29 is 4.42 Å². The first-order chi connectivity index (χ1) is 9.22. The van der Waals surface area contributed by atoms with E-state index in [9.17, 15) is 0 Å². The van der Waals surface area contributed by atoms with Crippen LogP contribution in [0.5, 0.6) is 0 Å². The maximum atomic E-state index is 6.12. The number of aromatic nitrogens is 1. The molecule has 1 aliphatic heterocycles. The van der Waals surface area contributed by atoms with E-state index in [4.69, 9.17) is 10.2 Å². The molecule has 2 N–H and O–H groups in total. The minimum Gasteiger partial charge on any atom is -0.444 e. The summed E-state index contributed by atoms with van der Waals surface area (Å²) in [5, 5.41) is 2.03. The lowest BCUT2D eigenvalue weighted by Gasteiger charge is -2.34. The molecule has 0 aliphatic carbocycles. The zero-order valence-electron chi connectivity index (χ0n) is 11.1. The number of nitrogens with zero attached hydrogens (tertiary/aromatic N) is 2. The zero-order valence-corrected chi connectivity index (χ0v) is 11.9. The van der Waals surface area contributed by atoms with E-state index in [0.29, 0.717) is 5.92 Å². The van der Waals surface area contributed by atoms with Crippen LogP contribution in [0, 0.1) is 5.92 Å². The highest BCUT2D eigenvalue weighted by atomic mass is 32.1. The second-order valence-electron chi connectivity index (χ2n) is 5.29. The quantitative estimate of drug-likeness (QED) is 0.937. The van der Waals surface area contributed by atoms with Crippen molar-refractivity contribution in [3.63, 3.8) is 0 Å². The lowest BCUT2D eigenvalue weighted by Crippen LogP contribution is -2.47. The van der Waals surface area contributed by atoms with Crippen LogP contribution in [0.25, 0.3) is 10.8 Å². The molecule has 0 saturated carbocycles. The Morgan fingerprint density at radius 3 is 3.21 bits per heavy atom. The SMILES string of the molecule is CC1CCN(Cc2coc(-c3cccs3)n2)CC1N. The molecule has 0 spiro atoms. The molecular weight excluding hydrogens is 258 g/mol. The largest absolute Gasteiger partial charge is 0.444 e. The molecule has 0 radical (unpaired) electrons. The molecule has 1 saturated heterocycles. The summed E-state index contributed by atoms with van der Waals surface area (Å²) in [4.78, 5) is 7.99. The first-order valence-corrected chi connectivity index (χ1v) is 7.56. The van der Waals surface area contributed by atoms with Crippen LogP contribution in [-0.4, -0.2) is 29.0 Å². The Labute approximate surface area is 117 Å². The first-order valence-electron chi connectivity index (χ1n) is 6.68. The topological polar surface area (TPSA) is 55.3 Å². The Morgan fingerprint density at radius 2 is 2.47 bits per heavy atom. The number of nitrogens with two attached hydrogens (primary N) is 1. The van der Waals surface area contributed by atoms with Gasteiger partial charge in [-0.1, -0.05) is 13.0 Å². The van der Waals surface area contributed by atoms with Crippen LogP contribution in [-0.2, 0) is 6.54 Å². The molecule has 4 nitrogen and oxygen atoms in total. The molecule has 2 unspecified atom stereocenters. The van der Waals surface area contributed by atoms with Crippen molar-refractivity contribution in [2.75, 3.05) is 13.1 Å². The van der Waals surface area contributed by atoms with Crippen molar-refractivity contribution >= 4 is 11.3 Å². The molecule has 3 heterocycles. The second-order valence-corrected chi connectivity index (χ2v) is 6.23. The Balaban J connectivity index is 1.64. The second kappa shape index (κ2) is 5.45. The van der Waals surface area contributed by atoms with E-state index in [0.717, 1.165) is 42.5 Å². The van der Waals surface area contributed by atoms with Crippen LogP contribution in [0.15, 0.2) is 28.2 Å². The van der Waals surface area contributed by atoms with E-state index in [1.54, 1.807) is 17.6 Å². The standard InChI is InChI=1S/C14H19N3OS/c1-10-4-5-17(8-12(10)15)7-11-9-18-14(16-11)13-3-2-6-19-13/h2-3,6,9-10,12H,4-5,7-8,15H2,1H3. The number of thiophene rings is 1. The van der Waals surface area contributed by atoms with E-state index in [-0.39, 0.29) is 6.04 Å². The average Bonchev–Trinajstić information content (AvgIpc) is 3.04. The fourth-order valence-corrected chi connectivity index (χ4v) is 3.09. The van der Waals surface area contributed by atoms with Gasteiger partial charge >= 0.3 is 0 Å². The first kappa shape index (κ1) is 12.8. The number of oxazole rings is 1. The molecule has 19 heavy (non-hydrogen) atoms. The molecule has 1 fully saturated rings. The lowest BCUT2D eigenvalue weighted by molar-refractivity contribution is 0.160. The summed E-state index contributed by atoms with van der Waals surface area (Å²) < 4.78 is 5.54. The van der Waals surface area contributed by atoms with Crippen LogP contribution in [0.3, 0.4) is 0 Å². The molecule has 2 aromatic heterocycles. The van der Waals surface area contributed by atoms with Crippen LogP contribution in [0.1, 0.15) is 19.0 Å². The molecule has 1 aliphatic rings. The van der Waals surface area contributed by atoms with Gasteiger partial charge in [-0.05, 0) is 30.3 Å². The van der Waals surface area contributed by atoms with Gasteiger partial charge in [-0.15, -0.1) is 11.3 Å². The van der Waals surface area contributed by atoms with Gasteiger partial charge in [0.1, 0.15) is 6.26 Å². The maximum absolute atomic E-state index is 6.12. The summed E-state index contributed by atoms with van der Waals surface area (Å²) >= 11 is 1.65. The number of likely N-dealkylation sites (tertiary alicyclic amines) is 1. The smallest absolute Gasteiger partial charge is 0.236 e. The summed E-state index contributed by atoms with van der Waals surface area (Å²) in [6, 6.07) is 4.31. The van der Waals surface area contributed by atoms with Crippen LogP contribution in [0.2, 0.25) is 0 Å². The van der Waals surface area contributed by atoms with Gasteiger partial charge in [-0.25, -0.2) is 4.98 Å². The van der Waals surface area contributed by atoms with Gasteiger partial charge in [0, 0.05) is 19.1 Å². The highest BCUT2D eigenvalue weighted by Crippen LogP contribution is 2.24. The summed E-state index contributed by atoms with van der Waals surface area (Å²) in [7, 11) is 0. The predicted octanol–water partition coefficient (Wildman–Crippen LogP) is 2.57. The van der Waals surface area contributed by atoms with Gasteiger partial charge in [0.05, 0.1) is 10.6 Å². The van der Waals surface area contributed by atoms with Gasteiger partial charge < -0.3 is 10.2 Å². The number of rotatable bonds is 3. The number of hydrogen-bond acceptors (Lipinski definition) is 5. The third-order valence-electron chi connectivity index (χ3n) is 3.77.